The zero-order valence-corrected chi connectivity index (χ0v) is 22.9. The first-order valence-corrected chi connectivity index (χ1v) is 13.3. The SMILES string of the molecule is CCN1CCN(C(=O)NC(C(=O)NC2(NC=O)C(=O)N3[C@@H](C(=O)O)C(C)(C)S[C@@H]32)c2ccc(O)c(O)c2)C(=O)C1=O. The van der Waals surface area contributed by atoms with Crippen molar-refractivity contribution < 1.29 is 48.9 Å². The van der Waals surface area contributed by atoms with E-state index in [9.17, 15) is 48.9 Å². The zero-order chi connectivity index (χ0) is 30.4. The number of benzene rings is 1. The number of carboxylic acids is 1. The Morgan fingerprint density at radius 1 is 1.12 bits per heavy atom. The summed E-state index contributed by atoms with van der Waals surface area (Å²) in [6.07, 6.45) is 0.161. The molecule has 0 bridgehead atoms. The summed E-state index contributed by atoms with van der Waals surface area (Å²) in [7, 11) is 0. The normalized spacial score (nSPS) is 25.6. The molecule has 1 aromatic carbocycles. The van der Waals surface area contributed by atoms with Crippen molar-refractivity contribution in [3.8, 4) is 11.5 Å². The Hall–Kier alpha value is -4.54. The summed E-state index contributed by atoms with van der Waals surface area (Å²) in [5, 5.41) is 35.4. The number of amides is 7. The summed E-state index contributed by atoms with van der Waals surface area (Å²) in [5.41, 5.74) is -2.18. The first-order chi connectivity index (χ1) is 19.2. The molecule has 41 heavy (non-hydrogen) atoms. The second-order valence-electron chi connectivity index (χ2n) is 10.1. The molecule has 7 amide bonds. The summed E-state index contributed by atoms with van der Waals surface area (Å²) in [4.78, 5) is 91.4. The molecule has 6 N–H and O–H groups in total. The molecule has 0 radical (unpaired) electrons. The highest BCUT2D eigenvalue weighted by Crippen LogP contribution is 2.54. The molecule has 4 atom stereocenters. The number of nitrogens with one attached hydrogen (secondary N) is 3. The highest BCUT2D eigenvalue weighted by Gasteiger charge is 2.72. The molecule has 3 aliphatic heterocycles. The number of phenolic OH excluding ortho intramolecular Hbond substituents is 2. The number of fused-ring (bicyclic) bond motifs is 1. The molecule has 1 aromatic rings. The molecule has 3 heterocycles. The van der Waals surface area contributed by atoms with E-state index < -0.39 is 75.0 Å². The number of aromatic hydroxyl groups is 2. The van der Waals surface area contributed by atoms with Gasteiger partial charge < -0.3 is 41.1 Å². The first-order valence-electron chi connectivity index (χ1n) is 12.4. The predicted octanol–water partition coefficient (Wildman–Crippen LogP) is -1.76. The lowest BCUT2D eigenvalue weighted by atomic mass is 9.91. The van der Waals surface area contributed by atoms with Crippen LogP contribution in [0.1, 0.15) is 32.4 Å². The van der Waals surface area contributed by atoms with Gasteiger partial charge in [0.2, 0.25) is 18.0 Å². The van der Waals surface area contributed by atoms with Gasteiger partial charge in [-0.2, -0.15) is 0 Å². The molecule has 4 rings (SSSR count). The Bertz CT molecular complexity index is 1350. The number of likely N-dealkylation sites (N-methyl/N-ethyl adjacent to an activating group) is 1. The van der Waals surface area contributed by atoms with E-state index >= 15 is 0 Å². The Labute approximate surface area is 237 Å². The summed E-state index contributed by atoms with van der Waals surface area (Å²) < 4.78 is -1.01. The number of rotatable bonds is 8. The summed E-state index contributed by atoms with van der Waals surface area (Å²) in [6, 6.07) is -0.933. The maximum atomic E-state index is 13.7. The third-order valence-corrected chi connectivity index (χ3v) is 8.82. The number of hydrogen-bond acceptors (Lipinski definition) is 10. The van der Waals surface area contributed by atoms with Crippen LogP contribution < -0.4 is 16.0 Å². The van der Waals surface area contributed by atoms with E-state index in [0.717, 1.165) is 28.8 Å². The van der Waals surface area contributed by atoms with Crippen molar-refractivity contribution >= 4 is 53.8 Å². The molecule has 0 aliphatic carbocycles. The van der Waals surface area contributed by atoms with E-state index in [1.807, 2.05) is 0 Å². The second-order valence-corrected chi connectivity index (χ2v) is 11.8. The third kappa shape index (κ3) is 4.75. The topological polar surface area (TPSA) is 226 Å². The minimum Gasteiger partial charge on any atom is -0.504 e. The van der Waals surface area contributed by atoms with E-state index in [1.54, 1.807) is 20.8 Å². The molecule has 17 heteroatoms. The molecule has 0 saturated carbocycles. The molecule has 3 aliphatic rings. The lowest BCUT2D eigenvalue weighted by Gasteiger charge is -2.52. The Morgan fingerprint density at radius 2 is 1.80 bits per heavy atom. The van der Waals surface area contributed by atoms with Crippen molar-refractivity contribution in [2.24, 2.45) is 0 Å². The quantitative estimate of drug-likeness (QED) is 0.0652. The molecule has 0 aromatic heterocycles. The minimum atomic E-state index is -2.09. The fourth-order valence-corrected chi connectivity index (χ4v) is 6.75. The molecule has 220 valence electrons. The molecular weight excluding hydrogens is 564 g/mol. The molecule has 16 nitrogen and oxygen atoms in total. The van der Waals surface area contributed by atoms with Gasteiger partial charge in [-0.25, -0.2) is 9.59 Å². The van der Waals surface area contributed by atoms with E-state index in [4.69, 9.17) is 0 Å². The van der Waals surface area contributed by atoms with Gasteiger partial charge in [0.15, 0.2) is 11.5 Å². The van der Waals surface area contributed by atoms with Gasteiger partial charge >= 0.3 is 23.8 Å². The van der Waals surface area contributed by atoms with Gasteiger partial charge in [-0.1, -0.05) is 6.07 Å². The van der Waals surface area contributed by atoms with Crippen molar-refractivity contribution in [2.75, 3.05) is 19.6 Å². The monoisotopic (exact) mass is 592 g/mol. The summed E-state index contributed by atoms with van der Waals surface area (Å²) in [5.74, 6) is -6.52. The van der Waals surface area contributed by atoms with Gasteiger partial charge in [-0.15, -0.1) is 11.8 Å². The summed E-state index contributed by atoms with van der Waals surface area (Å²) in [6.45, 7) is 4.97. The average molecular weight is 593 g/mol. The smallest absolute Gasteiger partial charge is 0.327 e. The maximum absolute atomic E-state index is 13.7. The minimum absolute atomic E-state index is 0.0570. The molecule has 3 saturated heterocycles. The number of piperazine rings is 1. The number of carbonyl (C=O) groups excluding carboxylic acids is 6. The van der Waals surface area contributed by atoms with Crippen LogP contribution in [0, 0.1) is 0 Å². The fraction of sp³-hybridized carbons (Fsp3) is 0.458. The number of urea groups is 1. The molecule has 0 spiro atoms. The fourth-order valence-electron chi connectivity index (χ4n) is 5.09. The average Bonchev–Trinajstić information content (AvgIpc) is 3.18. The van der Waals surface area contributed by atoms with Crippen molar-refractivity contribution in [1.82, 2.24) is 30.7 Å². The molecular formula is C24H28N6O10S. The van der Waals surface area contributed by atoms with E-state index in [2.05, 4.69) is 16.0 Å². The van der Waals surface area contributed by atoms with Crippen molar-refractivity contribution in [3.05, 3.63) is 23.8 Å². The Kier molecular flexibility index (Phi) is 7.51. The number of aliphatic carboxylic acids is 1. The van der Waals surface area contributed by atoms with E-state index in [-0.39, 0.29) is 31.6 Å². The van der Waals surface area contributed by atoms with Gasteiger partial charge in [0, 0.05) is 24.4 Å². The van der Waals surface area contributed by atoms with E-state index in [0.29, 0.717) is 4.90 Å². The van der Waals surface area contributed by atoms with Crippen LogP contribution in [-0.2, 0) is 28.8 Å². The number of hydrogen-bond donors (Lipinski definition) is 6. The zero-order valence-electron chi connectivity index (χ0n) is 22.1. The Morgan fingerprint density at radius 3 is 2.39 bits per heavy atom. The van der Waals surface area contributed by atoms with Crippen LogP contribution >= 0.6 is 11.8 Å². The number of carbonyl (C=O) groups is 7. The Balaban J connectivity index is 1.65. The second kappa shape index (κ2) is 10.5. The predicted molar refractivity (Wildman–Crippen MR) is 139 cm³/mol. The molecule has 2 unspecified atom stereocenters. The lowest BCUT2D eigenvalue weighted by Crippen LogP contribution is -2.85. The van der Waals surface area contributed by atoms with Gasteiger partial charge in [-0.05, 0) is 38.5 Å². The van der Waals surface area contributed by atoms with Crippen LogP contribution in [0.2, 0.25) is 0 Å². The summed E-state index contributed by atoms with van der Waals surface area (Å²) >= 11 is 1.03. The molecule has 3 fully saturated rings. The number of imide groups is 1. The van der Waals surface area contributed by atoms with Crippen LogP contribution in [-0.4, -0.2) is 114 Å². The van der Waals surface area contributed by atoms with Crippen molar-refractivity contribution in [2.45, 2.75) is 48.6 Å². The highest BCUT2D eigenvalue weighted by atomic mass is 32.2. The first kappa shape index (κ1) is 29.4. The number of thioether (sulfide) groups is 1. The van der Waals surface area contributed by atoms with Crippen molar-refractivity contribution in [1.29, 1.82) is 0 Å². The number of nitrogens with zero attached hydrogens (tertiary/aromatic N) is 3. The number of carboxylic acid groups (broad SMARTS) is 1. The van der Waals surface area contributed by atoms with Crippen LogP contribution in [0.25, 0.3) is 0 Å². The van der Waals surface area contributed by atoms with Gasteiger partial charge in [0.25, 0.3) is 5.91 Å². The van der Waals surface area contributed by atoms with Crippen LogP contribution in [0.3, 0.4) is 0 Å². The third-order valence-electron chi connectivity index (χ3n) is 7.19. The van der Waals surface area contributed by atoms with Gasteiger partial charge in [0.1, 0.15) is 17.5 Å². The van der Waals surface area contributed by atoms with Crippen LogP contribution in [0.4, 0.5) is 4.79 Å². The highest BCUT2D eigenvalue weighted by molar-refractivity contribution is 8.01. The van der Waals surface area contributed by atoms with Crippen LogP contribution in [0.15, 0.2) is 18.2 Å². The number of phenols is 2. The van der Waals surface area contributed by atoms with Crippen molar-refractivity contribution in [3.63, 3.8) is 0 Å². The van der Waals surface area contributed by atoms with E-state index in [1.165, 1.54) is 11.0 Å². The largest absolute Gasteiger partial charge is 0.504 e. The lowest BCUT2D eigenvalue weighted by molar-refractivity contribution is -0.172. The number of β-lactam (4-membered cyclic amide) rings is 1. The van der Waals surface area contributed by atoms with Crippen LogP contribution in [0.5, 0.6) is 11.5 Å². The standard InChI is InChI=1S/C24H28N6O10S/c1-4-28-7-8-29(18(36)17(28)35)22(40)26-14(11-5-6-12(32)13(33)9-11)16(34)27-24(25-10-31)20(39)30-15(19(37)38)23(2,3)41-21(24)30/h5-6,9-10,14-15,21,32-33H,4,7-8H2,1-3H3,(H,25,31)(H,26,40)(H,27,34)(H,37,38)/t14?,15-,21+,24?/m0/s1. The maximum Gasteiger partial charge on any atom is 0.327 e. The van der Waals surface area contributed by atoms with Gasteiger partial charge in [-0.3, -0.25) is 28.9 Å². The van der Waals surface area contributed by atoms with Gasteiger partial charge in [0.05, 0.1) is 0 Å².